The molecule has 0 radical (unpaired) electrons. The molecule has 2 fully saturated rings. The summed E-state index contributed by atoms with van der Waals surface area (Å²) in [6.45, 7) is 1.39. The third-order valence-corrected chi connectivity index (χ3v) is 6.53. The number of rotatable bonds is 5. The van der Waals surface area contributed by atoms with Gasteiger partial charge in [-0.1, -0.05) is 0 Å². The van der Waals surface area contributed by atoms with Crippen LogP contribution in [-0.4, -0.2) is 57.2 Å². The maximum absolute atomic E-state index is 12.5. The highest BCUT2D eigenvalue weighted by molar-refractivity contribution is 7.94. The summed E-state index contributed by atoms with van der Waals surface area (Å²) in [4.78, 5) is 26.0. The van der Waals surface area contributed by atoms with Gasteiger partial charge in [-0.3, -0.25) is 9.59 Å². The summed E-state index contributed by atoms with van der Waals surface area (Å²) in [6, 6.07) is 6.14. The van der Waals surface area contributed by atoms with Gasteiger partial charge in [0.15, 0.2) is 0 Å². The number of benzene rings is 1. The van der Waals surface area contributed by atoms with Crippen molar-refractivity contribution in [2.45, 2.75) is 38.2 Å². The molecule has 0 aromatic heterocycles. The lowest BCUT2D eigenvalue weighted by molar-refractivity contribution is -0.116. The van der Waals surface area contributed by atoms with E-state index in [0.717, 1.165) is 30.2 Å². The van der Waals surface area contributed by atoms with Crippen molar-refractivity contribution >= 4 is 27.5 Å². The second kappa shape index (κ2) is 7.75. The van der Waals surface area contributed by atoms with Crippen molar-refractivity contribution in [3.05, 3.63) is 29.8 Å². The van der Waals surface area contributed by atoms with Gasteiger partial charge in [0.05, 0.1) is 17.5 Å². The lowest BCUT2D eigenvalue weighted by atomic mass is 10.1. The summed E-state index contributed by atoms with van der Waals surface area (Å²) in [5, 5.41) is 0. The molecule has 142 valence electrons. The van der Waals surface area contributed by atoms with Crippen molar-refractivity contribution in [3.63, 3.8) is 0 Å². The van der Waals surface area contributed by atoms with E-state index in [1.54, 1.807) is 24.1 Å². The number of carbonyl (C=O) groups excluding carboxylic acids is 2. The van der Waals surface area contributed by atoms with Crippen LogP contribution in [0.2, 0.25) is 0 Å². The minimum atomic E-state index is -3.59. The van der Waals surface area contributed by atoms with Gasteiger partial charge in [-0.15, -0.1) is 0 Å². The second-order valence-corrected chi connectivity index (χ2v) is 8.71. The number of hydrogen-bond donors (Lipinski definition) is 0. The zero-order valence-electron chi connectivity index (χ0n) is 14.9. The lowest BCUT2D eigenvalue weighted by Crippen LogP contribution is -2.32. The van der Waals surface area contributed by atoms with Gasteiger partial charge >= 0.3 is 0 Å². The van der Waals surface area contributed by atoms with Crippen molar-refractivity contribution < 1.29 is 22.7 Å². The zero-order chi connectivity index (χ0) is 18.7. The summed E-state index contributed by atoms with van der Waals surface area (Å²) in [6.07, 6.45) is 4.33. The molecule has 0 aliphatic carbocycles. The molecule has 1 atom stereocenters. The van der Waals surface area contributed by atoms with Crippen molar-refractivity contribution in [2.75, 3.05) is 30.3 Å². The number of anilines is 1. The van der Waals surface area contributed by atoms with Gasteiger partial charge in [0, 0.05) is 32.2 Å². The first kappa shape index (κ1) is 18.8. The van der Waals surface area contributed by atoms with Crippen LogP contribution in [0, 0.1) is 0 Å². The Bertz CT molecular complexity index is 769. The van der Waals surface area contributed by atoms with E-state index in [-0.39, 0.29) is 29.9 Å². The molecular formula is C18H24N2O5S. The van der Waals surface area contributed by atoms with Crippen LogP contribution in [0.4, 0.5) is 5.69 Å². The summed E-state index contributed by atoms with van der Waals surface area (Å²) in [5.41, 5.74) is 0.743. The molecule has 1 aromatic carbocycles. The minimum absolute atomic E-state index is 0.00497. The maximum atomic E-state index is 12.5. The van der Waals surface area contributed by atoms with Crippen molar-refractivity contribution in [2.24, 2.45) is 0 Å². The van der Waals surface area contributed by atoms with Gasteiger partial charge in [0.2, 0.25) is 15.9 Å². The molecule has 2 aliphatic rings. The van der Waals surface area contributed by atoms with Gasteiger partial charge in [-0.25, -0.2) is 12.7 Å². The van der Waals surface area contributed by atoms with Crippen molar-refractivity contribution in [1.29, 1.82) is 0 Å². The van der Waals surface area contributed by atoms with Crippen LogP contribution in [-0.2, 0) is 19.6 Å². The maximum Gasteiger partial charge on any atom is 0.253 e. The topological polar surface area (TPSA) is 84.0 Å². The van der Waals surface area contributed by atoms with Crippen LogP contribution >= 0.6 is 0 Å². The summed E-state index contributed by atoms with van der Waals surface area (Å²) < 4.78 is 30.4. The number of nitrogens with zero attached hydrogens (tertiary/aromatic N) is 2. The molecule has 0 N–H and O–H groups in total. The normalized spacial score (nSPS) is 22.4. The fourth-order valence-electron chi connectivity index (χ4n) is 3.30. The first-order valence-electron chi connectivity index (χ1n) is 8.91. The smallest absolute Gasteiger partial charge is 0.253 e. The molecule has 0 spiro atoms. The Morgan fingerprint density at radius 3 is 2.58 bits per heavy atom. The highest BCUT2D eigenvalue weighted by Crippen LogP contribution is 2.25. The Morgan fingerprint density at radius 2 is 2.00 bits per heavy atom. The molecule has 3 rings (SSSR count). The predicted octanol–water partition coefficient (Wildman–Crippen LogP) is 1.78. The number of sulfonamides is 1. The quantitative estimate of drug-likeness (QED) is 0.778. The largest absolute Gasteiger partial charge is 0.378 e. The molecular weight excluding hydrogens is 356 g/mol. The molecule has 26 heavy (non-hydrogen) atoms. The summed E-state index contributed by atoms with van der Waals surface area (Å²) >= 11 is 0. The molecule has 1 unspecified atom stereocenters. The first-order valence-corrected chi connectivity index (χ1v) is 10.5. The average molecular weight is 380 g/mol. The number of carbonyl (C=O) groups is 2. The van der Waals surface area contributed by atoms with E-state index in [1.165, 1.54) is 18.6 Å². The monoisotopic (exact) mass is 380 g/mol. The number of amides is 2. The summed E-state index contributed by atoms with van der Waals surface area (Å²) in [5.74, 6) is -0.741. The molecule has 7 nitrogen and oxygen atoms in total. The Kier molecular flexibility index (Phi) is 5.62. The highest BCUT2D eigenvalue weighted by Gasteiger charge is 2.36. The van der Waals surface area contributed by atoms with Crippen LogP contribution in [0.25, 0.3) is 0 Å². The SMILES string of the molecule is CN(CCC1CCCCO1)C(=O)c1ccc(N2C(=O)CCS2(=O)=O)cc1. The van der Waals surface area contributed by atoms with Crippen LogP contribution in [0.15, 0.2) is 24.3 Å². The Morgan fingerprint density at radius 1 is 1.27 bits per heavy atom. The van der Waals surface area contributed by atoms with Gasteiger partial charge in [-0.05, 0) is 49.9 Å². The van der Waals surface area contributed by atoms with Gasteiger partial charge in [0.25, 0.3) is 5.91 Å². The lowest BCUT2D eigenvalue weighted by Gasteiger charge is -2.25. The van der Waals surface area contributed by atoms with Crippen LogP contribution in [0.1, 0.15) is 42.5 Å². The summed E-state index contributed by atoms with van der Waals surface area (Å²) in [7, 11) is -1.84. The van der Waals surface area contributed by atoms with Crippen molar-refractivity contribution in [3.8, 4) is 0 Å². The molecule has 8 heteroatoms. The van der Waals surface area contributed by atoms with E-state index in [4.69, 9.17) is 4.74 Å². The fourth-order valence-corrected chi connectivity index (χ4v) is 4.76. The Hall–Kier alpha value is -1.93. The molecule has 1 aromatic rings. The van der Waals surface area contributed by atoms with Gasteiger partial charge in [0.1, 0.15) is 0 Å². The van der Waals surface area contributed by atoms with E-state index in [1.807, 2.05) is 0 Å². The van der Waals surface area contributed by atoms with E-state index in [2.05, 4.69) is 0 Å². The fraction of sp³-hybridized carbons (Fsp3) is 0.556. The first-order chi connectivity index (χ1) is 12.4. The second-order valence-electron chi connectivity index (χ2n) is 6.77. The van der Waals surface area contributed by atoms with E-state index in [9.17, 15) is 18.0 Å². The molecule has 2 aliphatic heterocycles. The van der Waals surface area contributed by atoms with Crippen molar-refractivity contribution in [1.82, 2.24) is 4.90 Å². The number of hydrogen-bond acceptors (Lipinski definition) is 5. The van der Waals surface area contributed by atoms with Crippen LogP contribution < -0.4 is 4.31 Å². The Labute approximate surface area is 154 Å². The van der Waals surface area contributed by atoms with E-state index >= 15 is 0 Å². The molecule has 2 heterocycles. The molecule has 0 saturated carbocycles. The van der Waals surface area contributed by atoms with E-state index < -0.39 is 15.9 Å². The standard InChI is InChI=1S/C18H24N2O5S/c1-19(11-9-16-4-2-3-12-25-16)18(22)14-5-7-15(8-6-14)20-17(21)10-13-26(20,23)24/h5-8,16H,2-4,9-13H2,1H3. The van der Waals surface area contributed by atoms with Gasteiger partial charge < -0.3 is 9.64 Å². The molecule has 0 bridgehead atoms. The number of ether oxygens (including phenoxy) is 1. The zero-order valence-corrected chi connectivity index (χ0v) is 15.7. The highest BCUT2D eigenvalue weighted by atomic mass is 32.2. The van der Waals surface area contributed by atoms with Gasteiger partial charge in [-0.2, -0.15) is 0 Å². The van der Waals surface area contributed by atoms with Crippen LogP contribution in [0.3, 0.4) is 0 Å². The van der Waals surface area contributed by atoms with E-state index in [0.29, 0.717) is 12.1 Å². The molecule has 2 amide bonds. The third-order valence-electron chi connectivity index (χ3n) is 4.83. The average Bonchev–Trinajstić information content (AvgIpc) is 2.92. The molecule has 2 saturated heterocycles. The van der Waals surface area contributed by atoms with Crippen LogP contribution in [0.5, 0.6) is 0 Å². The predicted molar refractivity (Wildman–Crippen MR) is 97.5 cm³/mol. The minimum Gasteiger partial charge on any atom is -0.378 e. The third kappa shape index (κ3) is 4.07. The Balaban J connectivity index is 1.62.